The van der Waals surface area contributed by atoms with Gasteiger partial charge in [0, 0.05) is 22.6 Å². The minimum absolute atomic E-state index is 0.0589. The lowest BCUT2D eigenvalue weighted by molar-refractivity contribution is -0.119. The highest BCUT2D eigenvalue weighted by molar-refractivity contribution is 6.31. The second-order valence-corrected chi connectivity index (χ2v) is 6.54. The van der Waals surface area contributed by atoms with E-state index in [1.165, 1.54) is 5.56 Å². The van der Waals surface area contributed by atoms with Gasteiger partial charge in [-0.3, -0.25) is 9.79 Å². The summed E-state index contributed by atoms with van der Waals surface area (Å²) < 4.78 is 0. The molecule has 0 saturated carbocycles. The fourth-order valence-electron chi connectivity index (χ4n) is 2.99. The topological polar surface area (TPSA) is 55.5 Å². The van der Waals surface area contributed by atoms with Crippen LogP contribution in [0.1, 0.15) is 42.0 Å². The second-order valence-electron chi connectivity index (χ2n) is 6.10. The number of ketones is 1. The molecule has 23 heavy (non-hydrogen) atoms. The smallest absolute Gasteiger partial charge is 0.175 e. The van der Waals surface area contributed by atoms with E-state index in [9.17, 15) is 4.79 Å². The molecule has 0 bridgehead atoms. The molecule has 0 amide bonds. The first-order valence-electron chi connectivity index (χ1n) is 7.71. The van der Waals surface area contributed by atoms with Crippen LogP contribution in [0, 0.1) is 0 Å². The first-order chi connectivity index (χ1) is 11.0. The molecule has 0 unspecified atom stereocenters. The van der Waals surface area contributed by atoms with E-state index < -0.39 is 6.17 Å². The summed E-state index contributed by atoms with van der Waals surface area (Å²) in [5, 5.41) is 0.635. The molecule has 0 radical (unpaired) electrons. The zero-order valence-electron chi connectivity index (χ0n) is 13.2. The maximum absolute atomic E-state index is 12.3. The minimum atomic E-state index is -0.837. The van der Waals surface area contributed by atoms with Crippen molar-refractivity contribution in [3.05, 3.63) is 69.7 Å². The molecule has 2 aromatic carbocycles. The van der Waals surface area contributed by atoms with E-state index in [-0.39, 0.29) is 5.78 Å². The predicted octanol–water partition coefficient (Wildman–Crippen LogP) is 3.71. The van der Waals surface area contributed by atoms with Gasteiger partial charge in [-0.25, -0.2) is 0 Å². The Bertz CT molecular complexity index is 796. The number of halogens is 1. The molecular weight excluding hydrogens is 308 g/mol. The Morgan fingerprint density at radius 2 is 1.96 bits per heavy atom. The minimum Gasteiger partial charge on any atom is -0.303 e. The third kappa shape index (κ3) is 3.07. The summed E-state index contributed by atoms with van der Waals surface area (Å²) in [6.45, 7) is 4.25. The largest absolute Gasteiger partial charge is 0.303 e. The van der Waals surface area contributed by atoms with Gasteiger partial charge < -0.3 is 5.73 Å². The molecule has 1 aliphatic heterocycles. The molecule has 118 valence electrons. The number of rotatable bonds is 2. The van der Waals surface area contributed by atoms with E-state index in [1.807, 2.05) is 36.4 Å². The zero-order chi connectivity index (χ0) is 16.6. The Balaban J connectivity index is 2.26. The first kappa shape index (κ1) is 15.9. The van der Waals surface area contributed by atoms with Crippen LogP contribution < -0.4 is 5.73 Å². The third-order valence-corrected chi connectivity index (χ3v) is 4.37. The summed E-state index contributed by atoms with van der Waals surface area (Å²) in [5.41, 5.74) is 10.8. The number of hydrogen-bond donors (Lipinski definition) is 1. The Morgan fingerprint density at radius 3 is 2.65 bits per heavy atom. The molecule has 1 aliphatic rings. The molecule has 0 spiro atoms. The van der Waals surface area contributed by atoms with Gasteiger partial charge in [0.15, 0.2) is 11.9 Å². The van der Waals surface area contributed by atoms with Gasteiger partial charge in [-0.2, -0.15) is 0 Å². The maximum Gasteiger partial charge on any atom is 0.175 e. The molecule has 0 fully saturated rings. The number of hydrogen-bond acceptors (Lipinski definition) is 3. The number of nitrogens with zero attached hydrogens (tertiary/aromatic N) is 1. The molecule has 1 atom stereocenters. The molecular formula is C19H19ClN2O. The first-order valence-corrected chi connectivity index (χ1v) is 8.09. The number of Topliss-reactive ketones (excluding diaryl/α,β-unsaturated/α-hetero) is 1. The van der Waals surface area contributed by atoms with Crippen molar-refractivity contribution in [2.75, 3.05) is 0 Å². The average molecular weight is 327 g/mol. The van der Waals surface area contributed by atoms with E-state index in [0.29, 0.717) is 17.4 Å². The summed E-state index contributed by atoms with van der Waals surface area (Å²) in [6.07, 6.45) is -0.519. The van der Waals surface area contributed by atoms with Crippen molar-refractivity contribution in [1.29, 1.82) is 0 Å². The van der Waals surface area contributed by atoms with Crippen LogP contribution in [0.25, 0.3) is 0 Å². The van der Waals surface area contributed by atoms with Crippen LogP contribution in [0.3, 0.4) is 0 Å². The number of benzene rings is 2. The van der Waals surface area contributed by atoms with Gasteiger partial charge in [-0.05, 0) is 29.2 Å². The third-order valence-electron chi connectivity index (χ3n) is 4.14. The van der Waals surface area contributed by atoms with Crippen molar-refractivity contribution in [1.82, 2.24) is 0 Å². The van der Waals surface area contributed by atoms with Gasteiger partial charge in [-0.1, -0.05) is 55.8 Å². The Morgan fingerprint density at radius 1 is 1.22 bits per heavy atom. The maximum atomic E-state index is 12.3. The van der Waals surface area contributed by atoms with Crippen LogP contribution in [0.2, 0.25) is 5.02 Å². The van der Waals surface area contributed by atoms with Crippen molar-refractivity contribution >= 4 is 23.1 Å². The molecule has 1 heterocycles. The Labute approximate surface area is 141 Å². The van der Waals surface area contributed by atoms with Crippen LogP contribution >= 0.6 is 11.6 Å². The summed E-state index contributed by atoms with van der Waals surface area (Å²) in [4.78, 5) is 16.8. The molecule has 2 N–H and O–H groups in total. The molecule has 0 aromatic heterocycles. The molecule has 2 aromatic rings. The Kier molecular flexibility index (Phi) is 4.33. The van der Waals surface area contributed by atoms with Crippen LogP contribution in [-0.4, -0.2) is 17.7 Å². The number of carbonyl (C=O) groups is 1. The second kappa shape index (κ2) is 6.26. The monoisotopic (exact) mass is 326 g/mol. The van der Waals surface area contributed by atoms with E-state index in [0.717, 1.165) is 22.4 Å². The van der Waals surface area contributed by atoms with Gasteiger partial charge >= 0.3 is 0 Å². The summed E-state index contributed by atoms with van der Waals surface area (Å²) in [7, 11) is 0. The van der Waals surface area contributed by atoms with E-state index in [1.54, 1.807) is 0 Å². The van der Waals surface area contributed by atoms with Gasteiger partial charge in [-0.15, -0.1) is 0 Å². The number of carbonyl (C=O) groups excluding carboxylic acids is 1. The van der Waals surface area contributed by atoms with Gasteiger partial charge in [0.05, 0.1) is 5.71 Å². The van der Waals surface area contributed by atoms with Crippen LogP contribution in [0.15, 0.2) is 47.5 Å². The van der Waals surface area contributed by atoms with E-state index >= 15 is 0 Å². The predicted molar refractivity (Wildman–Crippen MR) is 94.3 cm³/mol. The number of nitrogens with two attached hydrogens (primary N) is 1. The molecule has 3 rings (SSSR count). The molecule has 4 heteroatoms. The summed E-state index contributed by atoms with van der Waals surface area (Å²) >= 11 is 6.13. The van der Waals surface area contributed by atoms with Gasteiger partial charge in [0.1, 0.15) is 0 Å². The highest BCUT2D eigenvalue weighted by atomic mass is 35.5. The van der Waals surface area contributed by atoms with Crippen molar-refractivity contribution in [3.8, 4) is 0 Å². The molecule has 3 nitrogen and oxygen atoms in total. The van der Waals surface area contributed by atoms with E-state index in [4.69, 9.17) is 17.3 Å². The SMILES string of the molecule is CC(C)c1cccc2c1CC(=O)[C@@H](N)N=C2c1cccc(Cl)c1. The molecule has 0 saturated heterocycles. The van der Waals surface area contributed by atoms with Gasteiger partial charge in [0.25, 0.3) is 0 Å². The summed E-state index contributed by atoms with van der Waals surface area (Å²) in [6, 6.07) is 13.6. The highest BCUT2D eigenvalue weighted by Gasteiger charge is 2.25. The van der Waals surface area contributed by atoms with Crippen molar-refractivity contribution in [2.24, 2.45) is 10.7 Å². The van der Waals surface area contributed by atoms with Crippen LogP contribution in [-0.2, 0) is 11.2 Å². The average Bonchev–Trinajstić information content (AvgIpc) is 2.64. The van der Waals surface area contributed by atoms with Crippen LogP contribution in [0.5, 0.6) is 0 Å². The fourth-order valence-corrected chi connectivity index (χ4v) is 3.18. The lowest BCUT2D eigenvalue weighted by Crippen LogP contribution is -2.29. The molecule has 0 aliphatic carbocycles. The highest BCUT2D eigenvalue weighted by Crippen LogP contribution is 2.28. The lowest BCUT2D eigenvalue weighted by atomic mass is 9.87. The van der Waals surface area contributed by atoms with Crippen LogP contribution in [0.4, 0.5) is 0 Å². The number of aliphatic imine (C=N–C) groups is 1. The standard InChI is InChI=1S/C19H19ClN2O/c1-11(2)14-7-4-8-15-16(14)10-17(23)19(21)22-18(15)12-5-3-6-13(20)9-12/h3-9,11,19H,10,21H2,1-2H3/t19-/m0/s1. The van der Waals surface area contributed by atoms with Crippen molar-refractivity contribution in [2.45, 2.75) is 32.4 Å². The van der Waals surface area contributed by atoms with Gasteiger partial charge in [0.2, 0.25) is 0 Å². The normalized spacial score (nSPS) is 17.7. The number of fused-ring (bicyclic) bond motifs is 1. The van der Waals surface area contributed by atoms with E-state index in [2.05, 4.69) is 24.9 Å². The zero-order valence-corrected chi connectivity index (χ0v) is 14.0. The summed E-state index contributed by atoms with van der Waals surface area (Å²) in [5.74, 6) is 0.268. The Hall–Kier alpha value is -1.97. The van der Waals surface area contributed by atoms with Crippen molar-refractivity contribution in [3.63, 3.8) is 0 Å². The quantitative estimate of drug-likeness (QED) is 0.914. The van der Waals surface area contributed by atoms with Crippen molar-refractivity contribution < 1.29 is 4.79 Å². The lowest BCUT2D eigenvalue weighted by Gasteiger charge is -2.16. The fraction of sp³-hybridized carbons (Fsp3) is 0.263.